The van der Waals surface area contributed by atoms with Crippen LogP contribution in [0.3, 0.4) is 0 Å². The molecule has 0 unspecified atom stereocenters. The molecule has 1 fully saturated rings. The molecule has 0 aromatic heterocycles. The van der Waals surface area contributed by atoms with Gasteiger partial charge >= 0.3 is 6.03 Å². The highest BCUT2D eigenvalue weighted by Gasteiger charge is 2.49. The predicted molar refractivity (Wildman–Crippen MR) is 97.5 cm³/mol. The van der Waals surface area contributed by atoms with Crippen molar-refractivity contribution in [2.24, 2.45) is 0 Å². The van der Waals surface area contributed by atoms with Crippen molar-refractivity contribution in [1.29, 1.82) is 0 Å². The number of halogens is 1. The molecule has 2 heterocycles. The molecule has 0 radical (unpaired) electrons. The number of hydrogen-bond acceptors (Lipinski definition) is 2. The maximum Gasteiger partial charge on any atom is 0.325 e. The lowest BCUT2D eigenvalue weighted by Crippen LogP contribution is -2.65. The maximum absolute atomic E-state index is 12.9. The fraction of sp³-hybridized carbons (Fsp3) is 0.316. The Balaban J connectivity index is 1.82. The van der Waals surface area contributed by atoms with Gasteiger partial charge in [0, 0.05) is 22.1 Å². The van der Waals surface area contributed by atoms with E-state index in [1.54, 1.807) is 4.90 Å². The van der Waals surface area contributed by atoms with E-state index in [2.05, 4.69) is 27.3 Å². The van der Waals surface area contributed by atoms with Gasteiger partial charge in [-0.25, -0.2) is 4.79 Å². The number of anilines is 1. The number of ether oxygens (including phenoxy) is 1. The molecule has 5 heteroatoms. The molecule has 0 saturated carbocycles. The molecule has 0 spiro atoms. The largest absolute Gasteiger partial charge is 0.467 e. The Morgan fingerprint density at radius 3 is 2.62 bits per heavy atom. The van der Waals surface area contributed by atoms with Crippen molar-refractivity contribution in [2.75, 3.05) is 4.90 Å². The topological polar surface area (TPSA) is 41.6 Å². The van der Waals surface area contributed by atoms with Crippen molar-refractivity contribution in [3.8, 4) is 5.75 Å². The monoisotopic (exact) mass is 386 g/mol. The molecule has 4 nitrogen and oxygen atoms in total. The second kappa shape index (κ2) is 5.24. The lowest BCUT2D eigenvalue weighted by atomic mass is 9.90. The molecular formula is C19H19BrN2O2. The van der Waals surface area contributed by atoms with Gasteiger partial charge in [-0.3, -0.25) is 4.90 Å². The Kier molecular flexibility index (Phi) is 3.39. The van der Waals surface area contributed by atoms with E-state index in [1.807, 2.05) is 51.1 Å². The van der Waals surface area contributed by atoms with Crippen LogP contribution < -0.4 is 15.0 Å². The summed E-state index contributed by atoms with van der Waals surface area (Å²) in [4.78, 5) is 14.6. The summed E-state index contributed by atoms with van der Waals surface area (Å²) in [5.74, 6) is 0.825. The van der Waals surface area contributed by atoms with E-state index in [-0.39, 0.29) is 12.1 Å². The van der Waals surface area contributed by atoms with Crippen LogP contribution in [-0.2, 0) is 0 Å². The maximum atomic E-state index is 12.9. The Morgan fingerprint density at radius 1 is 1.21 bits per heavy atom. The van der Waals surface area contributed by atoms with E-state index in [0.717, 1.165) is 32.6 Å². The summed E-state index contributed by atoms with van der Waals surface area (Å²) in [7, 11) is 0. The highest BCUT2D eigenvalue weighted by molar-refractivity contribution is 9.10. The summed E-state index contributed by atoms with van der Waals surface area (Å²) in [6.45, 7) is 6.07. The summed E-state index contributed by atoms with van der Waals surface area (Å²) < 4.78 is 7.29. The highest BCUT2D eigenvalue weighted by Crippen LogP contribution is 2.46. The second-order valence-corrected chi connectivity index (χ2v) is 7.76. The Bertz CT molecular complexity index is 831. The van der Waals surface area contributed by atoms with Gasteiger partial charge in [0.05, 0.1) is 6.04 Å². The van der Waals surface area contributed by atoms with Crippen LogP contribution in [0.25, 0.3) is 0 Å². The van der Waals surface area contributed by atoms with Gasteiger partial charge in [0.1, 0.15) is 5.75 Å². The lowest BCUT2D eigenvalue weighted by Gasteiger charge is -2.50. The molecule has 2 aliphatic heterocycles. The first kappa shape index (κ1) is 15.5. The molecule has 2 atom stereocenters. The zero-order valence-corrected chi connectivity index (χ0v) is 15.5. The number of nitrogens with one attached hydrogen (secondary N) is 1. The average molecular weight is 387 g/mol. The smallest absolute Gasteiger partial charge is 0.325 e. The van der Waals surface area contributed by atoms with Crippen molar-refractivity contribution >= 4 is 27.6 Å². The van der Waals surface area contributed by atoms with Crippen LogP contribution in [0, 0.1) is 13.8 Å². The van der Waals surface area contributed by atoms with Gasteiger partial charge in [-0.05, 0) is 62.2 Å². The van der Waals surface area contributed by atoms with Gasteiger partial charge in [0.2, 0.25) is 0 Å². The van der Waals surface area contributed by atoms with Gasteiger partial charge in [-0.15, -0.1) is 0 Å². The summed E-state index contributed by atoms with van der Waals surface area (Å²) >= 11 is 3.49. The first-order chi connectivity index (χ1) is 11.4. The summed E-state index contributed by atoms with van der Waals surface area (Å²) in [5, 5.41) is 3.13. The molecule has 1 saturated heterocycles. The molecule has 2 aliphatic rings. The zero-order valence-electron chi connectivity index (χ0n) is 13.9. The van der Waals surface area contributed by atoms with Crippen molar-refractivity contribution in [2.45, 2.75) is 39.0 Å². The number of benzene rings is 2. The first-order valence-electron chi connectivity index (χ1n) is 8.03. The third-order valence-electron chi connectivity index (χ3n) is 4.70. The normalized spacial score (nSPS) is 24.9. The SMILES string of the molecule is Cc1cc(C)cc(N2C(=O)N[C@@H]3C[C@]2(C)Oc2ccc(Br)cc23)c1. The van der Waals surface area contributed by atoms with Crippen LogP contribution in [0.2, 0.25) is 0 Å². The second-order valence-electron chi connectivity index (χ2n) is 6.85. The molecule has 2 amide bonds. The first-order valence-corrected chi connectivity index (χ1v) is 8.82. The molecule has 2 bridgehead atoms. The van der Waals surface area contributed by atoms with Crippen molar-refractivity contribution in [3.63, 3.8) is 0 Å². The Morgan fingerprint density at radius 2 is 1.92 bits per heavy atom. The Labute approximate surface area is 149 Å². The van der Waals surface area contributed by atoms with Crippen molar-refractivity contribution in [1.82, 2.24) is 5.32 Å². The average Bonchev–Trinajstić information content (AvgIpc) is 2.46. The number of carbonyl (C=O) groups is 1. The molecule has 0 aliphatic carbocycles. The number of carbonyl (C=O) groups excluding carboxylic acids is 1. The van der Waals surface area contributed by atoms with E-state index in [0.29, 0.717) is 6.42 Å². The van der Waals surface area contributed by atoms with Crippen LogP contribution in [-0.4, -0.2) is 11.8 Å². The number of nitrogens with zero attached hydrogens (tertiary/aromatic N) is 1. The van der Waals surface area contributed by atoms with Gasteiger partial charge < -0.3 is 10.1 Å². The predicted octanol–water partition coefficient (Wildman–Crippen LogP) is 4.84. The lowest BCUT2D eigenvalue weighted by molar-refractivity contribution is 0.0378. The molecule has 124 valence electrons. The van der Waals surface area contributed by atoms with Crippen molar-refractivity contribution < 1.29 is 9.53 Å². The Hall–Kier alpha value is -2.01. The minimum Gasteiger partial charge on any atom is -0.467 e. The summed E-state index contributed by atoms with van der Waals surface area (Å²) in [6, 6.07) is 11.9. The third kappa shape index (κ3) is 2.38. The van der Waals surface area contributed by atoms with Crippen LogP contribution in [0.15, 0.2) is 40.9 Å². The van der Waals surface area contributed by atoms with E-state index >= 15 is 0 Å². The van der Waals surface area contributed by atoms with Crippen LogP contribution in [0.1, 0.15) is 36.1 Å². The zero-order chi connectivity index (χ0) is 17.1. The van der Waals surface area contributed by atoms with Gasteiger partial charge in [0.25, 0.3) is 0 Å². The third-order valence-corrected chi connectivity index (χ3v) is 5.19. The minimum atomic E-state index is -0.700. The number of urea groups is 1. The molecule has 24 heavy (non-hydrogen) atoms. The van der Waals surface area contributed by atoms with E-state index in [1.165, 1.54) is 0 Å². The minimum absolute atomic E-state index is 0.0362. The van der Waals surface area contributed by atoms with Crippen LogP contribution in [0.5, 0.6) is 5.75 Å². The number of rotatable bonds is 1. The molecule has 4 rings (SSSR count). The van der Waals surface area contributed by atoms with Crippen LogP contribution in [0.4, 0.5) is 10.5 Å². The molecule has 2 aromatic rings. The van der Waals surface area contributed by atoms with Crippen LogP contribution >= 0.6 is 15.9 Å². The van der Waals surface area contributed by atoms with E-state index in [4.69, 9.17) is 4.74 Å². The number of hydrogen-bond donors (Lipinski definition) is 1. The molecule has 1 N–H and O–H groups in total. The van der Waals surface area contributed by atoms with Gasteiger partial charge in [-0.2, -0.15) is 0 Å². The number of aryl methyl sites for hydroxylation is 2. The fourth-order valence-electron chi connectivity index (χ4n) is 3.82. The summed E-state index contributed by atoms with van der Waals surface area (Å²) in [5.41, 5.74) is 3.45. The number of amides is 2. The van der Waals surface area contributed by atoms with Gasteiger partial charge in [-0.1, -0.05) is 22.0 Å². The molecule has 2 aromatic carbocycles. The highest BCUT2D eigenvalue weighted by atomic mass is 79.9. The quantitative estimate of drug-likeness (QED) is 0.761. The van der Waals surface area contributed by atoms with E-state index in [9.17, 15) is 4.79 Å². The van der Waals surface area contributed by atoms with E-state index < -0.39 is 5.72 Å². The standard InChI is InChI=1S/C19H19BrN2O2/c1-11-6-12(2)8-14(7-11)22-18(23)21-16-10-19(22,3)24-17-5-4-13(20)9-15(16)17/h4-9,16H,10H2,1-3H3,(H,21,23)/t16-,19+/m1/s1. The van der Waals surface area contributed by atoms with Crippen molar-refractivity contribution in [3.05, 3.63) is 57.6 Å². The molecular weight excluding hydrogens is 368 g/mol. The summed E-state index contributed by atoms with van der Waals surface area (Å²) in [6.07, 6.45) is 0.704. The fourth-order valence-corrected chi connectivity index (χ4v) is 4.19. The number of fused-ring (bicyclic) bond motifs is 4. The van der Waals surface area contributed by atoms with Gasteiger partial charge in [0.15, 0.2) is 5.72 Å².